The van der Waals surface area contributed by atoms with Crippen LogP contribution in [0.2, 0.25) is 0 Å². The van der Waals surface area contributed by atoms with Crippen LogP contribution in [0.25, 0.3) is 0 Å². The number of hydrogen-bond acceptors (Lipinski definition) is 2. The van der Waals surface area contributed by atoms with Crippen molar-refractivity contribution < 1.29 is 9.53 Å². The zero-order valence-electron chi connectivity index (χ0n) is 6.26. The van der Waals surface area contributed by atoms with E-state index >= 15 is 0 Å². The topological polar surface area (TPSA) is 29.5 Å². The van der Waals surface area contributed by atoms with Crippen LogP contribution in [0.4, 0.5) is 0 Å². The lowest BCUT2D eigenvalue weighted by Crippen LogP contribution is -2.08. The van der Waals surface area contributed by atoms with E-state index in [2.05, 4.69) is 6.92 Å². The number of aliphatic hydroxyl groups is 1. The molecule has 0 heterocycles. The molecule has 2 nitrogen and oxygen atoms in total. The average molecular weight is 148 g/mol. The standard InChI is InChI=1S/C6H16O2Si/c1-2-3-4-5-6(7)8-9/h6-7H,2-5H2,1,9H3. The van der Waals surface area contributed by atoms with Crippen LogP contribution in [0.15, 0.2) is 0 Å². The molecule has 0 fully saturated rings. The highest BCUT2D eigenvalue weighted by Crippen LogP contribution is 2.02. The fourth-order valence-corrected chi connectivity index (χ4v) is 0.923. The molecule has 1 unspecified atom stereocenters. The molecule has 1 atom stereocenters. The molecule has 0 aromatic rings. The first-order valence-electron chi connectivity index (χ1n) is 3.52. The van der Waals surface area contributed by atoms with Crippen molar-refractivity contribution in [2.24, 2.45) is 0 Å². The summed E-state index contributed by atoms with van der Waals surface area (Å²) in [7, 11) is 0.641. The van der Waals surface area contributed by atoms with Crippen LogP contribution in [0.1, 0.15) is 32.6 Å². The summed E-state index contributed by atoms with van der Waals surface area (Å²) in [4.78, 5) is 0. The zero-order chi connectivity index (χ0) is 7.11. The van der Waals surface area contributed by atoms with E-state index in [1.807, 2.05) is 0 Å². The lowest BCUT2D eigenvalue weighted by Gasteiger charge is -2.06. The maximum atomic E-state index is 8.90. The number of aliphatic hydroxyl groups excluding tert-OH is 1. The van der Waals surface area contributed by atoms with Crippen LogP contribution in [-0.2, 0) is 4.43 Å². The van der Waals surface area contributed by atoms with Gasteiger partial charge in [-0.3, -0.25) is 0 Å². The minimum atomic E-state index is -0.483. The van der Waals surface area contributed by atoms with E-state index in [0.29, 0.717) is 10.5 Å². The fraction of sp³-hybridized carbons (Fsp3) is 1.00. The molecule has 9 heavy (non-hydrogen) atoms. The zero-order valence-corrected chi connectivity index (χ0v) is 8.26. The third-order valence-corrected chi connectivity index (χ3v) is 1.87. The van der Waals surface area contributed by atoms with Crippen LogP contribution in [-0.4, -0.2) is 21.9 Å². The molecule has 0 aliphatic heterocycles. The SMILES string of the molecule is CCCCCC(O)O[SiH3]. The highest BCUT2D eigenvalue weighted by atomic mass is 28.2. The van der Waals surface area contributed by atoms with Gasteiger partial charge in [0.1, 0.15) is 16.8 Å². The Balaban J connectivity index is 2.88. The van der Waals surface area contributed by atoms with Gasteiger partial charge in [-0.25, -0.2) is 0 Å². The van der Waals surface area contributed by atoms with Gasteiger partial charge in [0, 0.05) is 0 Å². The summed E-state index contributed by atoms with van der Waals surface area (Å²) < 4.78 is 4.79. The molecule has 0 spiro atoms. The van der Waals surface area contributed by atoms with Gasteiger partial charge in [0.05, 0.1) is 0 Å². The summed E-state index contributed by atoms with van der Waals surface area (Å²) in [5.74, 6) is 0. The molecule has 3 heteroatoms. The Morgan fingerprint density at radius 2 is 2.22 bits per heavy atom. The van der Waals surface area contributed by atoms with Crippen molar-refractivity contribution in [3.63, 3.8) is 0 Å². The molecule has 0 rings (SSSR count). The molecule has 0 bridgehead atoms. The van der Waals surface area contributed by atoms with Crippen molar-refractivity contribution >= 4 is 10.5 Å². The van der Waals surface area contributed by atoms with Crippen molar-refractivity contribution in [2.75, 3.05) is 0 Å². The van der Waals surface area contributed by atoms with Gasteiger partial charge in [-0.05, 0) is 12.8 Å². The van der Waals surface area contributed by atoms with Crippen molar-refractivity contribution in [1.82, 2.24) is 0 Å². The highest BCUT2D eigenvalue weighted by Gasteiger charge is 1.97. The molecule has 0 aliphatic rings. The summed E-state index contributed by atoms with van der Waals surface area (Å²) >= 11 is 0. The molecule has 0 aromatic carbocycles. The second-order valence-electron chi connectivity index (χ2n) is 2.19. The second kappa shape index (κ2) is 6.26. The Morgan fingerprint density at radius 3 is 2.67 bits per heavy atom. The first-order chi connectivity index (χ1) is 4.31. The maximum absolute atomic E-state index is 8.90. The first-order valence-corrected chi connectivity index (χ1v) is 4.33. The average Bonchev–Trinajstić information content (AvgIpc) is 1.89. The van der Waals surface area contributed by atoms with E-state index in [1.165, 1.54) is 12.8 Å². The Kier molecular flexibility index (Phi) is 6.35. The fourth-order valence-electron chi connectivity index (χ4n) is 0.687. The Bertz CT molecular complexity index is 59.0. The van der Waals surface area contributed by atoms with E-state index in [0.717, 1.165) is 12.8 Å². The van der Waals surface area contributed by atoms with Gasteiger partial charge in [0.25, 0.3) is 0 Å². The monoisotopic (exact) mass is 148 g/mol. The Hall–Kier alpha value is 0.137. The van der Waals surface area contributed by atoms with Gasteiger partial charge < -0.3 is 9.53 Å². The largest absolute Gasteiger partial charge is 0.404 e. The maximum Gasteiger partial charge on any atom is 0.149 e. The summed E-state index contributed by atoms with van der Waals surface area (Å²) in [6.45, 7) is 2.15. The van der Waals surface area contributed by atoms with E-state index in [4.69, 9.17) is 9.53 Å². The van der Waals surface area contributed by atoms with Gasteiger partial charge >= 0.3 is 0 Å². The molecule has 56 valence electrons. The second-order valence-corrected chi connectivity index (χ2v) is 2.66. The number of rotatable bonds is 5. The number of hydrogen-bond donors (Lipinski definition) is 1. The minimum Gasteiger partial charge on any atom is -0.404 e. The van der Waals surface area contributed by atoms with Gasteiger partial charge in [0.15, 0.2) is 0 Å². The van der Waals surface area contributed by atoms with Gasteiger partial charge in [-0.2, -0.15) is 0 Å². The normalized spacial score (nSPS) is 14.0. The van der Waals surface area contributed by atoms with E-state index < -0.39 is 6.29 Å². The first kappa shape index (κ1) is 9.14. The third-order valence-electron chi connectivity index (χ3n) is 1.33. The van der Waals surface area contributed by atoms with E-state index in [1.54, 1.807) is 0 Å². The smallest absolute Gasteiger partial charge is 0.149 e. The summed E-state index contributed by atoms with van der Waals surface area (Å²) in [6, 6.07) is 0. The van der Waals surface area contributed by atoms with Crippen LogP contribution < -0.4 is 0 Å². The quantitative estimate of drug-likeness (QED) is 0.342. The predicted molar refractivity (Wildman–Crippen MR) is 41.2 cm³/mol. The van der Waals surface area contributed by atoms with Crippen LogP contribution in [0, 0.1) is 0 Å². The van der Waals surface area contributed by atoms with E-state index in [9.17, 15) is 0 Å². The summed E-state index contributed by atoms with van der Waals surface area (Å²) in [5.41, 5.74) is 0. The van der Waals surface area contributed by atoms with Crippen molar-refractivity contribution in [2.45, 2.75) is 38.9 Å². The summed E-state index contributed by atoms with van der Waals surface area (Å²) in [5, 5.41) is 8.90. The lowest BCUT2D eigenvalue weighted by molar-refractivity contribution is -0.0188. The highest BCUT2D eigenvalue weighted by molar-refractivity contribution is 5.98. The molecule has 0 aliphatic carbocycles. The Labute approximate surface area is 59.8 Å². The van der Waals surface area contributed by atoms with Crippen LogP contribution >= 0.6 is 0 Å². The molecule has 0 saturated heterocycles. The lowest BCUT2D eigenvalue weighted by atomic mass is 10.2. The minimum absolute atomic E-state index is 0.483. The molecule has 0 radical (unpaired) electrons. The van der Waals surface area contributed by atoms with Gasteiger partial charge in [-0.15, -0.1) is 0 Å². The molecular formula is C6H16O2Si. The predicted octanol–water partition coefficient (Wildman–Crippen LogP) is 0.182. The molecular weight excluding hydrogens is 132 g/mol. The Morgan fingerprint density at radius 1 is 1.56 bits per heavy atom. The van der Waals surface area contributed by atoms with E-state index in [-0.39, 0.29) is 0 Å². The third kappa shape index (κ3) is 6.02. The molecule has 0 saturated carbocycles. The molecule has 1 N–H and O–H groups in total. The van der Waals surface area contributed by atoms with Crippen LogP contribution in [0.5, 0.6) is 0 Å². The van der Waals surface area contributed by atoms with Gasteiger partial charge in [0.2, 0.25) is 0 Å². The van der Waals surface area contributed by atoms with Crippen molar-refractivity contribution in [1.29, 1.82) is 0 Å². The van der Waals surface area contributed by atoms with Crippen molar-refractivity contribution in [3.05, 3.63) is 0 Å². The van der Waals surface area contributed by atoms with Crippen LogP contribution in [0.3, 0.4) is 0 Å². The molecule has 0 aromatic heterocycles. The molecule has 0 amide bonds. The number of unbranched alkanes of at least 4 members (excludes halogenated alkanes) is 2. The summed E-state index contributed by atoms with van der Waals surface area (Å²) in [6.07, 6.45) is 3.80. The van der Waals surface area contributed by atoms with Gasteiger partial charge in [-0.1, -0.05) is 19.8 Å². The van der Waals surface area contributed by atoms with Crippen molar-refractivity contribution in [3.8, 4) is 0 Å².